The Kier molecular flexibility index (Phi) is 2.12. The van der Waals surface area contributed by atoms with E-state index in [1.807, 2.05) is 0 Å². The number of fused-ring (bicyclic) bond motifs is 5. The zero-order valence-electron chi connectivity index (χ0n) is 12.5. The highest BCUT2D eigenvalue weighted by Crippen LogP contribution is 2.67. The lowest BCUT2D eigenvalue weighted by Gasteiger charge is -2.34. The monoisotopic (exact) mass is 244 g/mol. The van der Waals surface area contributed by atoms with Crippen molar-refractivity contribution in [2.75, 3.05) is 0 Å². The minimum absolute atomic E-state index is 0.0922. The van der Waals surface area contributed by atoms with Crippen molar-refractivity contribution >= 4 is 0 Å². The summed E-state index contributed by atoms with van der Waals surface area (Å²) in [6.45, 7) is 13.8. The average molecular weight is 244 g/mol. The van der Waals surface area contributed by atoms with E-state index in [9.17, 15) is 0 Å². The molecule has 0 unspecified atom stereocenters. The zero-order valence-corrected chi connectivity index (χ0v) is 12.5. The van der Waals surface area contributed by atoms with Gasteiger partial charge in [-0.05, 0) is 35.8 Å². The molecular weight excluding hydrogens is 220 g/mol. The minimum Gasteiger partial charge on any atom is -0.155 e. The van der Waals surface area contributed by atoms with Crippen LogP contribution in [0.2, 0.25) is 0 Å². The van der Waals surface area contributed by atoms with E-state index >= 15 is 0 Å². The fourth-order valence-corrected chi connectivity index (χ4v) is 3.94. The molecule has 0 spiro atoms. The van der Waals surface area contributed by atoms with Gasteiger partial charge >= 0.3 is 0 Å². The number of hydrogen-bond donors (Lipinski definition) is 0. The van der Waals surface area contributed by atoms with Crippen molar-refractivity contribution in [3.63, 3.8) is 0 Å². The van der Waals surface area contributed by atoms with Crippen molar-refractivity contribution in [3.05, 3.63) is 23.0 Å². The minimum atomic E-state index is 0.0922. The van der Waals surface area contributed by atoms with Gasteiger partial charge in [0, 0.05) is 10.8 Å². The summed E-state index contributed by atoms with van der Waals surface area (Å²) >= 11 is 0. The quantitative estimate of drug-likeness (QED) is 0.690. The molecule has 2 atom stereocenters. The summed E-state index contributed by atoms with van der Waals surface area (Å²) in [5.41, 5.74) is 4.55. The van der Waals surface area contributed by atoms with Gasteiger partial charge in [0.2, 0.25) is 0 Å². The Labute approximate surface area is 110 Å². The highest BCUT2D eigenvalue weighted by atomic mass is 15.1. The standard InChI is InChI=1S/C16H24N2/c1-14(2,3)12-9-10-11-7-8-16(6,15(11,4)5)13(10)18-17-12/h9,11H,7-8H2,1-6H3/t11-,16+/m1/s1. The molecule has 2 bridgehead atoms. The van der Waals surface area contributed by atoms with E-state index in [0.717, 1.165) is 5.69 Å². The first kappa shape index (κ1) is 12.1. The summed E-state index contributed by atoms with van der Waals surface area (Å²) in [5, 5.41) is 9.13. The second-order valence-corrected chi connectivity index (χ2v) is 7.93. The Morgan fingerprint density at radius 2 is 1.83 bits per heavy atom. The van der Waals surface area contributed by atoms with Gasteiger partial charge in [0.05, 0.1) is 11.4 Å². The van der Waals surface area contributed by atoms with Crippen LogP contribution >= 0.6 is 0 Å². The van der Waals surface area contributed by atoms with Gasteiger partial charge in [-0.1, -0.05) is 41.5 Å². The number of rotatable bonds is 0. The molecule has 0 amide bonds. The van der Waals surface area contributed by atoms with E-state index in [-0.39, 0.29) is 10.8 Å². The van der Waals surface area contributed by atoms with Gasteiger partial charge in [-0.3, -0.25) is 0 Å². The number of aromatic nitrogens is 2. The fourth-order valence-electron chi connectivity index (χ4n) is 3.94. The molecule has 1 fully saturated rings. The van der Waals surface area contributed by atoms with Crippen molar-refractivity contribution < 1.29 is 0 Å². The van der Waals surface area contributed by atoms with Gasteiger partial charge in [0.25, 0.3) is 0 Å². The third-order valence-corrected chi connectivity index (χ3v) is 5.72. The molecule has 1 aromatic heterocycles. The van der Waals surface area contributed by atoms with Crippen molar-refractivity contribution in [1.29, 1.82) is 0 Å². The largest absolute Gasteiger partial charge is 0.155 e. The van der Waals surface area contributed by atoms with Crippen molar-refractivity contribution in [2.24, 2.45) is 5.41 Å². The Morgan fingerprint density at radius 3 is 2.44 bits per heavy atom. The third-order valence-electron chi connectivity index (χ3n) is 5.72. The SMILES string of the molecule is CC(C)(C)c1cc2c(nn1)[C@]1(C)CC[C@H]2C1(C)C. The van der Waals surface area contributed by atoms with E-state index in [4.69, 9.17) is 0 Å². The van der Waals surface area contributed by atoms with E-state index < -0.39 is 0 Å². The van der Waals surface area contributed by atoms with Gasteiger partial charge in [-0.25, -0.2) is 0 Å². The van der Waals surface area contributed by atoms with Crippen LogP contribution in [0.1, 0.15) is 77.3 Å². The summed E-state index contributed by atoms with van der Waals surface area (Å²) in [5.74, 6) is 0.675. The third kappa shape index (κ3) is 1.24. The first-order valence-corrected chi connectivity index (χ1v) is 7.06. The topological polar surface area (TPSA) is 25.8 Å². The molecule has 0 aliphatic heterocycles. The summed E-state index contributed by atoms with van der Waals surface area (Å²) < 4.78 is 0. The van der Waals surface area contributed by atoms with Crippen molar-refractivity contribution in [2.45, 2.75) is 71.1 Å². The maximum absolute atomic E-state index is 4.63. The Balaban J connectivity index is 2.19. The highest BCUT2D eigenvalue weighted by molar-refractivity contribution is 5.45. The molecule has 2 nitrogen and oxygen atoms in total. The van der Waals surface area contributed by atoms with Crippen molar-refractivity contribution in [1.82, 2.24) is 10.2 Å². The first-order valence-electron chi connectivity index (χ1n) is 7.06. The molecule has 98 valence electrons. The normalized spacial score (nSPS) is 32.7. The molecule has 0 N–H and O–H groups in total. The highest BCUT2D eigenvalue weighted by Gasteiger charge is 2.60. The lowest BCUT2D eigenvalue weighted by atomic mass is 9.70. The van der Waals surface area contributed by atoms with E-state index in [2.05, 4.69) is 57.8 Å². The molecule has 2 aliphatic rings. The molecule has 3 rings (SSSR count). The molecule has 1 aromatic rings. The summed E-state index contributed by atoms with van der Waals surface area (Å²) in [6.07, 6.45) is 2.58. The first-order chi connectivity index (χ1) is 8.18. The van der Waals surface area contributed by atoms with Gasteiger partial charge in [-0.2, -0.15) is 10.2 Å². The molecule has 1 saturated carbocycles. The molecule has 2 heteroatoms. The Hall–Kier alpha value is -0.920. The van der Waals surface area contributed by atoms with Crippen LogP contribution in [-0.4, -0.2) is 10.2 Å². The second kappa shape index (κ2) is 3.15. The molecule has 0 radical (unpaired) electrons. The molecule has 1 heterocycles. The number of hydrogen-bond acceptors (Lipinski definition) is 2. The maximum atomic E-state index is 4.63. The summed E-state index contributed by atoms with van der Waals surface area (Å²) in [4.78, 5) is 0. The van der Waals surface area contributed by atoms with Crippen LogP contribution in [0.5, 0.6) is 0 Å². The van der Waals surface area contributed by atoms with E-state index in [1.165, 1.54) is 24.1 Å². The van der Waals surface area contributed by atoms with Gasteiger partial charge in [0.1, 0.15) is 0 Å². The predicted octanol–water partition coefficient (Wildman–Crippen LogP) is 3.95. The molecular formula is C16H24N2. The lowest BCUT2D eigenvalue weighted by Crippen LogP contribution is -2.32. The van der Waals surface area contributed by atoms with Crippen LogP contribution in [0, 0.1) is 5.41 Å². The zero-order chi connectivity index (χ0) is 13.3. The van der Waals surface area contributed by atoms with E-state index in [1.54, 1.807) is 0 Å². The van der Waals surface area contributed by atoms with E-state index in [0.29, 0.717) is 11.3 Å². The predicted molar refractivity (Wildman–Crippen MR) is 73.8 cm³/mol. The summed E-state index contributed by atoms with van der Waals surface area (Å²) in [6, 6.07) is 2.33. The fraction of sp³-hybridized carbons (Fsp3) is 0.750. The van der Waals surface area contributed by atoms with Gasteiger partial charge in [-0.15, -0.1) is 0 Å². The van der Waals surface area contributed by atoms with Crippen LogP contribution in [0.3, 0.4) is 0 Å². The molecule has 18 heavy (non-hydrogen) atoms. The van der Waals surface area contributed by atoms with Gasteiger partial charge < -0.3 is 0 Å². The second-order valence-electron chi connectivity index (χ2n) is 7.93. The Bertz CT molecular complexity index is 510. The molecule has 0 aromatic carbocycles. The van der Waals surface area contributed by atoms with Crippen LogP contribution in [0.15, 0.2) is 6.07 Å². The van der Waals surface area contributed by atoms with Crippen molar-refractivity contribution in [3.8, 4) is 0 Å². The molecule has 0 saturated heterocycles. The van der Waals surface area contributed by atoms with Crippen LogP contribution < -0.4 is 0 Å². The Morgan fingerprint density at radius 1 is 1.17 bits per heavy atom. The smallest absolute Gasteiger partial charge is 0.0730 e. The lowest BCUT2D eigenvalue weighted by molar-refractivity contribution is 0.226. The van der Waals surface area contributed by atoms with Gasteiger partial charge in [0.15, 0.2) is 0 Å². The van der Waals surface area contributed by atoms with Crippen LogP contribution in [0.4, 0.5) is 0 Å². The van der Waals surface area contributed by atoms with Crippen LogP contribution in [0.25, 0.3) is 0 Å². The molecule has 2 aliphatic carbocycles. The summed E-state index contributed by atoms with van der Waals surface area (Å²) in [7, 11) is 0. The number of nitrogens with zero attached hydrogens (tertiary/aromatic N) is 2. The average Bonchev–Trinajstić information content (AvgIpc) is 2.58. The maximum Gasteiger partial charge on any atom is 0.0730 e. The van der Waals surface area contributed by atoms with Crippen LogP contribution in [-0.2, 0) is 10.8 Å².